The zero-order chi connectivity index (χ0) is 19.8. The monoisotopic (exact) mass is 373 g/mol. The molecule has 0 bridgehead atoms. The van der Waals surface area contributed by atoms with Gasteiger partial charge in [-0.3, -0.25) is 14.4 Å². The van der Waals surface area contributed by atoms with Crippen molar-refractivity contribution in [1.29, 1.82) is 0 Å². The Kier molecular flexibility index (Phi) is 7.82. The van der Waals surface area contributed by atoms with E-state index in [0.717, 1.165) is 31.2 Å². The van der Waals surface area contributed by atoms with Gasteiger partial charge in [0.1, 0.15) is 0 Å². The van der Waals surface area contributed by atoms with Crippen LogP contribution in [-0.4, -0.2) is 41.8 Å². The molecule has 1 aliphatic rings. The molecule has 0 aromatic heterocycles. The molecule has 0 atom stereocenters. The molecule has 0 heterocycles. The number of anilines is 1. The topological polar surface area (TPSA) is 78.5 Å². The maximum absolute atomic E-state index is 12.7. The van der Waals surface area contributed by atoms with Crippen LogP contribution >= 0.6 is 0 Å². The second kappa shape index (κ2) is 10.1. The highest BCUT2D eigenvalue weighted by atomic mass is 16.2. The van der Waals surface area contributed by atoms with Crippen molar-refractivity contribution in [3.8, 4) is 0 Å². The van der Waals surface area contributed by atoms with Gasteiger partial charge >= 0.3 is 0 Å². The fourth-order valence-corrected chi connectivity index (χ4v) is 3.33. The second-order valence-corrected chi connectivity index (χ2v) is 7.59. The van der Waals surface area contributed by atoms with E-state index < -0.39 is 0 Å². The van der Waals surface area contributed by atoms with Gasteiger partial charge in [-0.05, 0) is 45.7 Å². The molecule has 0 radical (unpaired) electrons. The molecular weight excluding hydrogens is 342 g/mol. The summed E-state index contributed by atoms with van der Waals surface area (Å²) in [6.45, 7) is 5.68. The van der Waals surface area contributed by atoms with Crippen molar-refractivity contribution in [3.05, 3.63) is 29.8 Å². The minimum Gasteiger partial charge on any atom is -0.345 e. The highest BCUT2D eigenvalue weighted by Crippen LogP contribution is 2.26. The number of hydrogen-bond acceptors (Lipinski definition) is 3. The molecule has 148 valence electrons. The molecule has 6 heteroatoms. The number of amides is 3. The van der Waals surface area contributed by atoms with E-state index in [1.165, 1.54) is 6.42 Å². The van der Waals surface area contributed by atoms with Gasteiger partial charge in [-0.2, -0.15) is 0 Å². The lowest BCUT2D eigenvalue weighted by Gasteiger charge is -2.31. The van der Waals surface area contributed by atoms with Crippen LogP contribution in [0.1, 0.15) is 51.5 Å². The summed E-state index contributed by atoms with van der Waals surface area (Å²) in [6, 6.07) is 7.40. The van der Waals surface area contributed by atoms with Crippen LogP contribution in [0.2, 0.25) is 0 Å². The minimum atomic E-state index is -0.313. The first kappa shape index (κ1) is 20.9. The summed E-state index contributed by atoms with van der Waals surface area (Å²) in [6.07, 6.45) is 5.15. The maximum Gasteiger partial charge on any atom is 0.243 e. The van der Waals surface area contributed by atoms with Gasteiger partial charge in [0.05, 0.1) is 13.1 Å². The first-order chi connectivity index (χ1) is 12.9. The molecule has 27 heavy (non-hydrogen) atoms. The number of carbonyl (C=O) groups is 3. The maximum atomic E-state index is 12.7. The molecule has 1 aromatic rings. The Morgan fingerprint density at radius 1 is 1.04 bits per heavy atom. The second-order valence-electron chi connectivity index (χ2n) is 7.59. The van der Waals surface area contributed by atoms with E-state index in [1.807, 2.05) is 45.0 Å². The van der Waals surface area contributed by atoms with Gasteiger partial charge in [-0.25, -0.2) is 0 Å². The number of aryl methyl sites for hydroxylation is 1. The zero-order valence-electron chi connectivity index (χ0n) is 16.6. The van der Waals surface area contributed by atoms with Crippen molar-refractivity contribution in [2.24, 2.45) is 5.92 Å². The molecule has 0 unspecified atom stereocenters. The molecule has 2 rings (SSSR count). The predicted molar refractivity (Wildman–Crippen MR) is 106 cm³/mol. The summed E-state index contributed by atoms with van der Waals surface area (Å²) in [5.41, 5.74) is 1.80. The van der Waals surface area contributed by atoms with Crippen molar-refractivity contribution in [3.63, 3.8) is 0 Å². The number of nitrogens with zero attached hydrogens (tertiary/aromatic N) is 1. The summed E-state index contributed by atoms with van der Waals surface area (Å²) >= 11 is 0. The van der Waals surface area contributed by atoms with E-state index >= 15 is 0 Å². The fourth-order valence-electron chi connectivity index (χ4n) is 3.33. The molecule has 3 amide bonds. The Hall–Kier alpha value is -2.37. The summed E-state index contributed by atoms with van der Waals surface area (Å²) in [7, 11) is 0. The third-order valence-electron chi connectivity index (χ3n) is 4.96. The third kappa shape index (κ3) is 6.70. The van der Waals surface area contributed by atoms with Crippen molar-refractivity contribution in [2.45, 2.75) is 58.9 Å². The van der Waals surface area contributed by atoms with Crippen LogP contribution in [0.4, 0.5) is 5.69 Å². The quantitative estimate of drug-likeness (QED) is 0.771. The molecule has 6 nitrogen and oxygen atoms in total. The van der Waals surface area contributed by atoms with Crippen LogP contribution in [0.15, 0.2) is 24.3 Å². The first-order valence-corrected chi connectivity index (χ1v) is 9.80. The Labute approximate surface area is 161 Å². The van der Waals surface area contributed by atoms with Gasteiger partial charge < -0.3 is 15.5 Å². The molecule has 1 fully saturated rings. The Morgan fingerprint density at radius 3 is 2.26 bits per heavy atom. The van der Waals surface area contributed by atoms with Crippen molar-refractivity contribution in [1.82, 2.24) is 10.2 Å². The first-order valence-electron chi connectivity index (χ1n) is 9.80. The smallest absolute Gasteiger partial charge is 0.243 e. The van der Waals surface area contributed by atoms with Crippen molar-refractivity contribution in [2.75, 3.05) is 18.4 Å². The third-order valence-corrected chi connectivity index (χ3v) is 4.96. The van der Waals surface area contributed by atoms with Crippen molar-refractivity contribution < 1.29 is 14.4 Å². The lowest BCUT2D eigenvalue weighted by atomic mass is 9.88. The van der Waals surface area contributed by atoms with E-state index in [9.17, 15) is 14.4 Å². The molecule has 1 aliphatic carbocycles. The molecule has 1 aromatic carbocycles. The van der Waals surface area contributed by atoms with Gasteiger partial charge in [-0.15, -0.1) is 0 Å². The fraction of sp³-hybridized carbons (Fsp3) is 0.571. The van der Waals surface area contributed by atoms with E-state index in [-0.39, 0.29) is 42.8 Å². The Bertz CT molecular complexity index is 649. The lowest BCUT2D eigenvalue weighted by Crippen LogP contribution is -2.48. The van der Waals surface area contributed by atoms with Gasteiger partial charge in [0.25, 0.3) is 0 Å². The summed E-state index contributed by atoms with van der Waals surface area (Å²) in [5.74, 6) is -0.517. The van der Waals surface area contributed by atoms with Crippen LogP contribution in [0.5, 0.6) is 0 Å². The minimum absolute atomic E-state index is 0.00912. The van der Waals surface area contributed by atoms with E-state index in [0.29, 0.717) is 5.69 Å². The zero-order valence-corrected chi connectivity index (χ0v) is 16.6. The average Bonchev–Trinajstić information content (AvgIpc) is 2.66. The molecule has 1 saturated carbocycles. The van der Waals surface area contributed by atoms with Crippen LogP contribution in [0.25, 0.3) is 0 Å². The molecule has 2 N–H and O–H groups in total. The normalized spacial score (nSPS) is 14.7. The number of hydrogen-bond donors (Lipinski definition) is 2. The average molecular weight is 373 g/mol. The van der Waals surface area contributed by atoms with E-state index in [4.69, 9.17) is 0 Å². The Morgan fingerprint density at radius 2 is 1.67 bits per heavy atom. The summed E-state index contributed by atoms with van der Waals surface area (Å²) in [5, 5.41) is 5.35. The summed E-state index contributed by atoms with van der Waals surface area (Å²) in [4.78, 5) is 38.6. The van der Waals surface area contributed by atoms with Crippen LogP contribution in [0.3, 0.4) is 0 Å². The van der Waals surface area contributed by atoms with Crippen LogP contribution in [-0.2, 0) is 14.4 Å². The van der Waals surface area contributed by atoms with Crippen molar-refractivity contribution >= 4 is 23.4 Å². The molecule has 0 spiro atoms. The lowest BCUT2D eigenvalue weighted by molar-refractivity contribution is -0.142. The van der Waals surface area contributed by atoms with Gasteiger partial charge in [0, 0.05) is 17.6 Å². The largest absolute Gasteiger partial charge is 0.345 e. The van der Waals surface area contributed by atoms with Crippen LogP contribution < -0.4 is 10.6 Å². The highest BCUT2D eigenvalue weighted by molar-refractivity contribution is 5.95. The number of benzene rings is 1. The van der Waals surface area contributed by atoms with E-state index in [1.54, 1.807) is 4.90 Å². The molecule has 0 saturated heterocycles. The standard InChI is InChI=1S/C21H31N3O3/c1-15(2)24(21(27)17-7-5-4-6-8-17)14-20(26)22-13-19(25)23-18-11-9-16(3)10-12-18/h9-12,15,17H,4-8,13-14H2,1-3H3,(H,22,26)(H,23,25). The number of carbonyl (C=O) groups excluding carboxylic acids is 3. The highest BCUT2D eigenvalue weighted by Gasteiger charge is 2.28. The van der Waals surface area contributed by atoms with Gasteiger partial charge in [-0.1, -0.05) is 37.0 Å². The number of rotatable bonds is 7. The Balaban J connectivity index is 1.81. The predicted octanol–water partition coefficient (Wildman–Crippen LogP) is 2.87. The summed E-state index contributed by atoms with van der Waals surface area (Å²) < 4.78 is 0. The van der Waals surface area contributed by atoms with Gasteiger partial charge in [0.2, 0.25) is 17.7 Å². The van der Waals surface area contributed by atoms with E-state index in [2.05, 4.69) is 10.6 Å². The van der Waals surface area contributed by atoms with Gasteiger partial charge in [0.15, 0.2) is 0 Å². The SMILES string of the molecule is Cc1ccc(NC(=O)CNC(=O)CN(C(=O)C2CCCCC2)C(C)C)cc1. The molecular formula is C21H31N3O3. The number of nitrogens with one attached hydrogen (secondary N) is 2. The molecule has 0 aliphatic heterocycles. The van der Waals surface area contributed by atoms with Crippen LogP contribution in [0, 0.1) is 12.8 Å².